The van der Waals surface area contributed by atoms with Gasteiger partial charge in [0.2, 0.25) is 6.79 Å². The molecule has 2 rings (SSSR count). The van der Waals surface area contributed by atoms with Gasteiger partial charge in [-0.1, -0.05) is 12.1 Å². The molecule has 1 aliphatic heterocycles. The number of rotatable bonds is 5. The van der Waals surface area contributed by atoms with E-state index in [-0.39, 0.29) is 12.9 Å². The van der Waals surface area contributed by atoms with Crippen LogP contribution in [0.5, 0.6) is 11.5 Å². The van der Waals surface area contributed by atoms with E-state index in [1.54, 1.807) is 11.0 Å². The summed E-state index contributed by atoms with van der Waals surface area (Å²) in [4.78, 5) is 13.3. The van der Waals surface area contributed by atoms with Gasteiger partial charge in [0.15, 0.2) is 11.5 Å². The summed E-state index contributed by atoms with van der Waals surface area (Å²) >= 11 is 0. The van der Waals surface area contributed by atoms with E-state index in [0.29, 0.717) is 44.4 Å². The molecule has 1 heterocycles. The van der Waals surface area contributed by atoms with Crippen molar-refractivity contribution < 1.29 is 23.7 Å². The van der Waals surface area contributed by atoms with Crippen LogP contribution in [-0.4, -0.2) is 50.7 Å². The van der Waals surface area contributed by atoms with Crippen molar-refractivity contribution >= 4 is 6.09 Å². The molecular formula is C14H19NO5. The summed E-state index contributed by atoms with van der Waals surface area (Å²) in [6.07, 6.45) is -0.387. The lowest BCUT2D eigenvalue weighted by molar-refractivity contribution is 0.000903. The van der Waals surface area contributed by atoms with E-state index in [9.17, 15) is 4.79 Å². The van der Waals surface area contributed by atoms with Crippen molar-refractivity contribution in [2.45, 2.75) is 6.92 Å². The Kier molecular flexibility index (Phi) is 5.49. The topological polar surface area (TPSA) is 57.2 Å². The lowest BCUT2D eigenvalue weighted by Gasteiger charge is -2.25. The van der Waals surface area contributed by atoms with Gasteiger partial charge in [-0.3, -0.25) is 0 Å². The van der Waals surface area contributed by atoms with Crippen molar-refractivity contribution in [2.75, 3.05) is 39.7 Å². The van der Waals surface area contributed by atoms with Crippen molar-refractivity contribution in [3.63, 3.8) is 0 Å². The molecule has 1 aromatic rings. The number of carbonyl (C=O) groups excluding carboxylic acids is 1. The third-order valence-electron chi connectivity index (χ3n) is 2.82. The first-order chi connectivity index (χ1) is 9.81. The van der Waals surface area contributed by atoms with Gasteiger partial charge in [-0.05, 0) is 19.1 Å². The van der Waals surface area contributed by atoms with Crippen LogP contribution in [0.25, 0.3) is 0 Å². The highest BCUT2D eigenvalue weighted by Gasteiger charge is 2.18. The van der Waals surface area contributed by atoms with Gasteiger partial charge < -0.3 is 23.8 Å². The molecule has 20 heavy (non-hydrogen) atoms. The minimum Gasteiger partial charge on any atom is -0.490 e. The molecule has 0 atom stereocenters. The quantitative estimate of drug-likeness (QED) is 0.771. The zero-order valence-corrected chi connectivity index (χ0v) is 11.5. The molecule has 6 nitrogen and oxygen atoms in total. The van der Waals surface area contributed by atoms with E-state index in [0.717, 1.165) is 0 Å². The molecule has 0 radical (unpaired) electrons. The molecule has 1 amide bonds. The normalized spacial score (nSPS) is 14.8. The Morgan fingerprint density at radius 2 is 1.85 bits per heavy atom. The highest BCUT2D eigenvalue weighted by Crippen LogP contribution is 2.26. The summed E-state index contributed by atoms with van der Waals surface area (Å²) in [6.45, 7) is 4.50. The number of hydrogen-bond acceptors (Lipinski definition) is 5. The van der Waals surface area contributed by atoms with E-state index < -0.39 is 0 Å². The Morgan fingerprint density at radius 3 is 2.50 bits per heavy atom. The Hall–Kier alpha value is -1.95. The average molecular weight is 281 g/mol. The lowest BCUT2D eigenvalue weighted by Crippen LogP contribution is -2.41. The summed E-state index contributed by atoms with van der Waals surface area (Å²) in [5.41, 5.74) is 0. The standard InChI is InChI=1S/C14H19NO5/c1-2-18-12-5-3-4-6-13(12)19-11-20-14(16)15-7-9-17-10-8-15/h3-6H,2,7-11H2,1H3. The van der Waals surface area contributed by atoms with Crippen LogP contribution in [0, 0.1) is 0 Å². The maximum Gasteiger partial charge on any atom is 0.412 e. The van der Waals surface area contributed by atoms with E-state index in [1.165, 1.54) is 0 Å². The molecular weight excluding hydrogens is 262 g/mol. The Labute approximate surface area is 118 Å². The van der Waals surface area contributed by atoms with Crippen molar-refractivity contribution in [3.8, 4) is 11.5 Å². The van der Waals surface area contributed by atoms with Crippen molar-refractivity contribution in [2.24, 2.45) is 0 Å². The third kappa shape index (κ3) is 4.03. The molecule has 0 aliphatic carbocycles. The van der Waals surface area contributed by atoms with Crippen LogP contribution < -0.4 is 9.47 Å². The van der Waals surface area contributed by atoms with Crippen LogP contribution >= 0.6 is 0 Å². The molecule has 1 aromatic carbocycles. The number of ether oxygens (including phenoxy) is 4. The highest BCUT2D eigenvalue weighted by atomic mass is 16.7. The smallest absolute Gasteiger partial charge is 0.412 e. The second-order valence-electron chi connectivity index (χ2n) is 4.15. The van der Waals surface area contributed by atoms with Crippen LogP contribution in [0.4, 0.5) is 4.79 Å². The molecule has 110 valence electrons. The van der Waals surface area contributed by atoms with Crippen molar-refractivity contribution in [1.29, 1.82) is 0 Å². The Bertz CT molecular complexity index is 431. The fraction of sp³-hybridized carbons (Fsp3) is 0.500. The number of carbonyl (C=O) groups is 1. The molecule has 6 heteroatoms. The Morgan fingerprint density at radius 1 is 1.20 bits per heavy atom. The molecule has 1 fully saturated rings. The number of hydrogen-bond donors (Lipinski definition) is 0. The molecule has 0 unspecified atom stereocenters. The first kappa shape index (κ1) is 14.5. The summed E-state index contributed by atoms with van der Waals surface area (Å²) in [5.74, 6) is 1.20. The minimum absolute atomic E-state index is 0.139. The molecule has 0 spiro atoms. The van der Waals surface area contributed by atoms with E-state index >= 15 is 0 Å². The molecule has 0 aromatic heterocycles. The predicted octanol–water partition coefficient (Wildman–Crippen LogP) is 1.89. The first-order valence-corrected chi connectivity index (χ1v) is 6.65. The van der Waals surface area contributed by atoms with Gasteiger partial charge in [-0.15, -0.1) is 0 Å². The fourth-order valence-corrected chi connectivity index (χ4v) is 1.82. The summed E-state index contributed by atoms with van der Waals surface area (Å²) in [7, 11) is 0. The summed E-state index contributed by atoms with van der Waals surface area (Å²) < 4.78 is 21.1. The van der Waals surface area contributed by atoms with Gasteiger partial charge in [0.05, 0.1) is 19.8 Å². The largest absolute Gasteiger partial charge is 0.490 e. The van der Waals surface area contributed by atoms with Crippen LogP contribution in [0.2, 0.25) is 0 Å². The van der Waals surface area contributed by atoms with Gasteiger partial charge >= 0.3 is 6.09 Å². The number of para-hydroxylation sites is 2. The molecule has 0 N–H and O–H groups in total. The first-order valence-electron chi connectivity index (χ1n) is 6.65. The fourth-order valence-electron chi connectivity index (χ4n) is 1.82. The van der Waals surface area contributed by atoms with E-state index in [4.69, 9.17) is 18.9 Å². The molecule has 0 saturated carbocycles. The number of nitrogens with zero attached hydrogens (tertiary/aromatic N) is 1. The molecule has 1 saturated heterocycles. The van der Waals surface area contributed by atoms with Crippen LogP contribution in [0.3, 0.4) is 0 Å². The zero-order chi connectivity index (χ0) is 14.2. The van der Waals surface area contributed by atoms with Crippen LogP contribution in [-0.2, 0) is 9.47 Å². The minimum atomic E-state index is -0.387. The second-order valence-corrected chi connectivity index (χ2v) is 4.15. The van der Waals surface area contributed by atoms with Crippen molar-refractivity contribution in [3.05, 3.63) is 24.3 Å². The summed E-state index contributed by atoms with van der Waals surface area (Å²) in [6, 6.07) is 7.27. The monoisotopic (exact) mass is 281 g/mol. The van der Waals surface area contributed by atoms with Crippen LogP contribution in [0.1, 0.15) is 6.92 Å². The van der Waals surface area contributed by atoms with E-state index in [2.05, 4.69) is 0 Å². The lowest BCUT2D eigenvalue weighted by atomic mass is 10.3. The number of benzene rings is 1. The third-order valence-corrected chi connectivity index (χ3v) is 2.82. The highest BCUT2D eigenvalue weighted by molar-refractivity contribution is 5.67. The summed E-state index contributed by atoms with van der Waals surface area (Å²) in [5, 5.41) is 0. The van der Waals surface area contributed by atoms with Crippen LogP contribution in [0.15, 0.2) is 24.3 Å². The van der Waals surface area contributed by atoms with Crippen molar-refractivity contribution in [1.82, 2.24) is 4.90 Å². The number of amides is 1. The van der Waals surface area contributed by atoms with E-state index in [1.807, 2.05) is 25.1 Å². The van der Waals surface area contributed by atoms with Gasteiger partial charge in [0.1, 0.15) is 0 Å². The zero-order valence-electron chi connectivity index (χ0n) is 11.5. The van der Waals surface area contributed by atoms with Gasteiger partial charge in [0.25, 0.3) is 0 Å². The predicted molar refractivity (Wildman–Crippen MR) is 72.0 cm³/mol. The average Bonchev–Trinajstić information content (AvgIpc) is 2.50. The maximum absolute atomic E-state index is 11.7. The molecule has 1 aliphatic rings. The maximum atomic E-state index is 11.7. The second kappa shape index (κ2) is 7.59. The SMILES string of the molecule is CCOc1ccccc1OCOC(=O)N1CCOCC1. The number of morpholine rings is 1. The Balaban J connectivity index is 1.79. The van der Waals surface area contributed by atoms with Gasteiger partial charge in [-0.2, -0.15) is 0 Å². The molecule has 0 bridgehead atoms. The van der Waals surface area contributed by atoms with Gasteiger partial charge in [0, 0.05) is 13.1 Å². The van der Waals surface area contributed by atoms with Gasteiger partial charge in [-0.25, -0.2) is 4.79 Å².